The Hall–Kier alpha value is -3.81. The zero-order valence-corrected chi connectivity index (χ0v) is 21.2. The zero-order valence-electron chi connectivity index (χ0n) is 21.2. The molecule has 6 rings (SSSR count). The molecule has 2 aromatic heterocycles. The lowest BCUT2D eigenvalue weighted by Gasteiger charge is -2.38. The van der Waals surface area contributed by atoms with Gasteiger partial charge in [0.05, 0.1) is 31.4 Å². The number of alkyl halides is 5. The van der Waals surface area contributed by atoms with Crippen LogP contribution in [0.15, 0.2) is 36.7 Å². The number of likely N-dealkylation sites (tertiary alicyclic amines) is 2. The van der Waals surface area contributed by atoms with Crippen molar-refractivity contribution < 1.29 is 31.5 Å². The molecular formula is C26H26F5N7O2. The van der Waals surface area contributed by atoms with Gasteiger partial charge in [-0.15, -0.1) is 0 Å². The van der Waals surface area contributed by atoms with E-state index in [1.807, 2.05) is 0 Å². The average Bonchev–Trinajstić information content (AvgIpc) is 3.42. The highest BCUT2D eigenvalue weighted by molar-refractivity contribution is 5.96. The van der Waals surface area contributed by atoms with E-state index in [9.17, 15) is 31.5 Å². The van der Waals surface area contributed by atoms with Crippen LogP contribution in [0.1, 0.15) is 28.8 Å². The van der Waals surface area contributed by atoms with Crippen LogP contribution in [-0.4, -0.2) is 86.4 Å². The minimum absolute atomic E-state index is 0.105. The van der Waals surface area contributed by atoms with Crippen molar-refractivity contribution in [1.29, 1.82) is 0 Å². The highest BCUT2D eigenvalue weighted by Gasteiger charge is 2.51. The van der Waals surface area contributed by atoms with E-state index in [0.29, 0.717) is 22.3 Å². The first-order chi connectivity index (χ1) is 18.9. The smallest absolute Gasteiger partial charge is 0.272 e. The summed E-state index contributed by atoms with van der Waals surface area (Å²) in [6.45, 7) is -0.892. The molecule has 3 fully saturated rings. The molecule has 14 heteroatoms. The zero-order chi connectivity index (χ0) is 28.4. The number of carbonyl (C=O) groups excluding carboxylic acids is 2. The third-order valence-corrected chi connectivity index (χ3v) is 7.70. The fraction of sp³-hybridized carbons (Fsp3) is 0.462. The summed E-state index contributed by atoms with van der Waals surface area (Å²) in [7, 11) is 0. The van der Waals surface area contributed by atoms with Gasteiger partial charge in [-0.1, -0.05) is 12.1 Å². The van der Waals surface area contributed by atoms with Crippen LogP contribution in [0.25, 0.3) is 16.8 Å². The number of hydrogen-bond donors (Lipinski definition) is 2. The standard InChI is InChI=1S/C26H26F5N7O2/c27-18-9-37(24(40)17-6-25(28,29)7-17)10-19(18)35-23(39)15-3-1-2-14(4-15)20-5-16(8-36-11-26(30,31)12-36)21-22(32)33-13-34-38(20)21/h1-5,13,17-19H,6-12H2,(H,35,39)(H2,32,33,34)/t18-,19+/m0/s1. The number of nitrogens with zero attached hydrogens (tertiary/aromatic N) is 5. The lowest BCUT2D eigenvalue weighted by atomic mass is 9.80. The SMILES string of the molecule is Nc1ncnn2c(-c3cccc(C(=O)N[C@@H]4CN(C(=O)C5CC(F)(F)C5)C[C@@H]4F)c3)cc(CN3CC(F)(F)C3)c12. The lowest BCUT2D eigenvalue weighted by molar-refractivity contribution is -0.159. The molecule has 4 heterocycles. The van der Waals surface area contributed by atoms with Gasteiger partial charge < -0.3 is 16.0 Å². The fourth-order valence-corrected chi connectivity index (χ4v) is 5.68. The normalized spacial score (nSPS) is 24.1. The number of carbonyl (C=O) groups is 2. The highest BCUT2D eigenvalue weighted by atomic mass is 19.3. The van der Waals surface area contributed by atoms with Crippen LogP contribution in [0.2, 0.25) is 0 Å². The number of halogens is 5. The molecule has 1 saturated carbocycles. The average molecular weight is 564 g/mol. The van der Waals surface area contributed by atoms with Crippen molar-refractivity contribution in [3.8, 4) is 11.3 Å². The Morgan fingerprint density at radius 3 is 2.52 bits per heavy atom. The van der Waals surface area contributed by atoms with Crippen molar-refractivity contribution in [2.75, 3.05) is 31.9 Å². The molecule has 2 saturated heterocycles. The molecule has 2 atom stereocenters. The number of aromatic nitrogens is 3. The Labute approximate surface area is 225 Å². The van der Waals surface area contributed by atoms with Crippen LogP contribution in [-0.2, 0) is 11.3 Å². The molecule has 9 nitrogen and oxygen atoms in total. The second-order valence-corrected chi connectivity index (χ2v) is 10.8. The first kappa shape index (κ1) is 26.4. The second-order valence-electron chi connectivity index (χ2n) is 10.8. The van der Waals surface area contributed by atoms with E-state index in [1.54, 1.807) is 35.2 Å². The predicted molar refractivity (Wildman–Crippen MR) is 133 cm³/mol. The topological polar surface area (TPSA) is 109 Å². The lowest BCUT2D eigenvalue weighted by Crippen LogP contribution is -2.55. The largest absolute Gasteiger partial charge is 0.382 e. The van der Waals surface area contributed by atoms with Gasteiger partial charge in [-0.3, -0.25) is 14.5 Å². The van der Waals surface area contributed by atoms with Crippen molar-refractivity contribution in [3.63, 3.8) is 0 Å². The second kappa shape index (κ2) is 9.39. The quantitative estimate of drug-likeness (QED) is 0.447. The van der Waals surface area contributed by atoms with Gasteiger partial charge in [0.2, 0.25) is 11.8 Å². The van der Waals surface area contributed by atoms with Crippen molar-refractivity contribution in [3.05, 3.63) is 47.8 Å². The summed E-state index contributed by atoms with van der Waals surface area (Å²) in [4.78, 5) is 32.3. The highest BCUT2D eigenvalue weighted by Crippen LogP contribution is 2.43. The van der Waals surface area contributed by atoms with Gasteiger partial charge in [0.25, 0.3) is 11.8 Å². The van der Waals surface area contributed by atoms with Gasteiger partial charge in [0.15, 0.2) is 5.82 Å². The van der Waals surface area contributed by atoms with E-state index in [0.717, 1.165) is 0 Å². The fourth-order valence-electron chi connectivity index (χ4n) is 5.68. The number of amides is 2. The molecule has 0 radical (unpaired) electrons. The van der Waals surface area contributed by atoms with E-state index in [2.05, 4.69) is 15.4 Å². The van der Waals surface area contributed by atoms with Gasteiger partial charge in [-0.2, -0.15) is 5.10 Å². The molecule has 3 aliphatic rings. The van der Waals surface area contributed by atoms with Crippen molar-refractivity contribution in [2.24, 2.45) is 5.92 Å². The first-order valence-corrected chi connectivity index (χ1v) is 12.8. The molecule has 2 aliphatic heterocycles. The maximum absolute atomic E-state index is 14.7. The Balaban J connectivity index is 1.19. The molecule has 0 unspecified atom stereocenters. The number of hydrogen-bond acceptors (Lipinski definition) is 6. The van der Waals surface area contributed by atoms with Crippen molar-refractivity contribution >= 4 is 23.1 Å². The van der Waals surface area contributed by atoms with Gasteiger partial charge in [0.1, 0.15) is 18.0 Å². The van der Waals surface area contributed by atoms with Crippen molar-refractivity contribution in [2.45, 2.75) is 43.4 Å². The maximum Gasteiger partial charge on any atom is 0.272 e. The van der Waals surface area contributed by atoms with Crippen molar-refractivity contribution in [1.82, 2.24) is 29.7 Å². The minimum Gasteiger partial charge on any atom is -0.382 e. The molecule has 0 bridgehead atoms. The van der Waals surface area contributed by atoms with Crippen LogP contribution >= 0.6 is 0 Å². The maximum atomic E-state index is 14.7. The molecule has 1 aromatic carbocycles. The van der Waals surface area contributed by atoms with Crippen LogP contribution < -0.4 is 11.1 Å². The summed E-state index contributed by atoms with van der Waals surface area (Å²) >= 11 is 0. The number of nitrogens with one attached hydrogen (secondary N) is 1. The van der Waals surface area contributed by atoms with Crippen LogP contribution in [0.3, 0.4) is 0 Å². The Bertz CT molecular complexity index is 1480. The molecule has 3 N–H and O–H groups in total. The summed E-state index contributed by atoms with van der Waals surface area (Å²) < 4.78 is 69.4. The Morgan fingerprint density at radius 1 is 1.07 bits per heavy atom. The number of rotatable bonds is 6. The van der Waals surface area contributed by atoms with Crippen LogP contribution in [0.4, 0.5) is 27.8 Å². The van der Waals surface area contributed by atoms with E-state index < -0.39 is 54.6 Å². The van der Waals surface area contributed by atoms with Crippen LogP contribution in [0.5, 0.6) is 0 Å². The van der Waals surface area contributed by atoms with Gasteiger partial charge in [-0.25, -0.2) is 31.5 Å². The summed E-state index contributed by atoms with van der Waals surface area (Å²) in [6.07, 6.45) is -1.36. The van der Waals surface area contributed by atoms with E-state index in [4.69, 9.17) is 5.73 Å². The third-order valence-electron chi connectivity index (χ3n) is 7.70. The molecule has 1 aliphatic carbocycles. The predicted octanol–water partition coefficient (Wildman–Crippen LogP) is 2.75. The monoisotopic (exact) mass is 563 g/mol. The minimum atomic E-state index is -2.86. The number of benzene rings is 1. The molecule has 212 valence electrons. The van der Waals surface area contributed by atoms with Crippen LogP contribution in [0, 0.1) is 5.92 Å². The third kappa shape index (κ3) is 4.84. The van der Waals surface area contributed by atoms with Gasteiger partial charge >= 0.3 is 0 Å². The molecular weight excluding hydrogens is 537 g/mol. The molecule has 0 spiro atoms. The summed E-state index contributed by atoms with van der Waals surface area (Å²) in [5, 5.41) is 6.88. The van der Waals surface area contributed by atoms with Gasteiger partial charge in [-0.05, 0) is 23.8 Å². The van der Waals surface area contributed by atoms with E-state index >= 15 is 0 Å². The number of fused-ring (bicyclic) bond motifs is 1. The molecule has 40 heavy (non-hydrogen) atoms. The Morgan fingerprint density at radius 2 is 1.82 bits per heavy atom. The van der Waals surface area contributed by atoms with E-state index in [1.165, 1.54) is 15.7 Å². The summed E-state index contributed by atoms with van der Waals surface area (Å²) in [5.41, 5.74) is 8.57. The van der Waals surface area contributed by atoms with Gasteiger partial charge in [0, 0.05) is 43.0 Å². The number of nitrogen functional groups attached to an aromatic ring is 1. The number of nitrogens with two attached hydrogens (primary N) is 1. The summed E-state index contributed by atoms with van der Waals surface area (Å²) in [5.74, 6) is -7.33. The Kier molecular flexibility index (Phi) is 6.20. The number of anilines is 1. The first-order valence-electron chi connectivity index (χ1n) is 12.8. The van der Waals surface area contributed by atoms with E-state index in [-0.39, 0.29) is 44.1 Å². The molecule has 2 amide bonds. The summed E-state index contributed by atoms with van der Waals surface area (Å²) in [6, 6.07) is 7.28. The molecule has 3 aromatic rings.